The molecule has 0 heterocycles. The van der Waals surface area contributed by atoms with Crippen LogP contribution in [0.5, 0.6) is 0 Å². The van der Waals surface area contributed by atoms with Gasteiger partial charge in [-0.15, -0.1) is 0 Å². The van der Waals surface area contributed by atoms with Gasteiger partial charge in [0.2, 0.25) is 0 Å². The van der Waals surface area contributed by atoms with Crippen molar-refractivity contribution in [3.63, 3.8) is 0 Å². The Morgan fingerprint density at radius 2 is 2.06 bits per heavy atom. The zero-order valence-electron chi connectivity index (χ0n) is 10.1. The van der Waals surface area contributed by atoms with Crippen molar-refractivity contribution >= 4 is 33.9 Å². The molecule has 5 heteroatoms. The Labute approximate surface area is 114 Å². The minimum atomic E-state index is -1.21. The van der Waals surface area contributed by atoms with Crippen LogP contribution in [-0.2, 0) is 4.79 Å². The Hall–Kier alpha value is -1.62. The molecule has 0 aliphatic heterocycles. The van der Waals surface area contributed by atoms with E-state index < -0.39 is 5.97 Å². The van der Waals surface area contributed by atoms with Gasteiger partial charge in [-0.05, 0) is 26.0 Å². The number of benzene rings is 1. The van der Waals surface area contributed by atoms with Gasteiger partial charge in [0.25, 0.3) is 0 Å². The summed E-state index contributed by atoms with van der Waals surface area (Å²) in [4.78, 5) is 15.1. The number of halogens is 1. The number of rotatable bonds is 4. The number of aliphatic imine (C=N–C) groups is 1. The molecule has 0 saturated heterocycles. The summed E-state index contributed by atoms with van der Waals surface area (Å²) in [7, 11) is 0. The largest absolute Gasteiger partial charge is 0.506 e. The quantitative estimate of drug-likeness (QED) is 0.509. The normalized spacial score (nSPS) is 12.9. The standard InChI is InChI=1S/C13H14BrNO3/c1-8(2)15-7-11(13(17)18)12(16)9-4-3-5-10(14)6-9/h3-8,16H,1-2H3,(H,17,18)/b12-11-,15-7?. The average Bonchev–Trinajstić information content (AvgIpc) is 2.28. The second-order valence-electron chi connectivity index (χ2n) is 3.95. The van der Waals surface area contributed by atoms with Crippen LogP contribution in [0.1, 0.15) is 19.4 Å². The molecule has 0 aromatic heterocycles. The van der Waals surface area contributed by atoms with Crippen molar-refractivity contribution in [2.75, 3.05) is 0 Å². The van der Waals surface area contributed by atoms with E-state index in [2.05, 4.69) is 20.9 Å². The summed E-state index contributed by atoms with van der Waals surface area (Å²) in [5.41, 5.74) is 0.207. The number of carboxylic acid groups (broad SMARTS) is 1. The molecule has 0 aliphatic rings. The Morgan fingerprint density at radius 1 is 1.39 bits per heavy atom. The van der Waals surface area contributed by atoms with E-state index in [4.69, 9.17) is 5.11 Å². The third-order valence-corrected chi connectivity index (χ3v) is 2.58. The third kappa shape index (κ3) is 4.00. The number of carboxylic acids is 1. The molecule has 0 bridgehead atoms. The number of hydrogen-bond donors (Lipinski definition) is 2. The molecule has 0 fully saturated rings. The van der Waals surface area contributed by atoms with E-state index in [9.17, 15) is 9.90 Å². The van der Waals surface area contributed by atoms with Crippen LogP contribution in [0.2, 0.25) is 0 Å². The highest BCUT2D eigenvalue weighted by Crippen LogP contribution is 2.19. The molecule has 0 aliphatic carbocycles. The van der Waals surface area contributed by atoms with Gasteiger partial charge >= 0.3 is 5.97 Å². The molecule has 0 spiro atoms. The Balaban J connectivity index is 3.23. The smallest absolute Gasteiger partial charge is 0.341 e. The second-order valence-corrected chi connectivity index (χ2v) is 4.87. The Morgan fingerprint density at radius 3 is 2.56 bits per heavy atom. The first-order valence-electron chi connectivity index (χ1n) is 5.37. The molecule has 1 aromatic rings. The lowest BCUT2D eigenvalue weighted by Crippen LogP contribution is -2.07. The number of aliphatic hydroxyl groups is 1. The van der Waals surface area contributed by atoms with Crippen LogP contribution in [0.3, 0.4) is 0 Å². The molecule has 0 amide bonds. The first-order valence-corrected chi connectivity index (χ1v) is 6.16. The zero-order chi connectivity index (χ0) is 13.7. The minimum absolute atomic E-state index is 0.0327. The molecule has 1 rings (SSSR count). The number of nitrogens with zero attached hydrogens (tertiary/aromatic N) is 1. The van der Waals surface area contributed by atoms with Crippen LogP contribution in [0, 0.1) is 0 Å². The summed E-state index contributed by atoms with van der Waals surface area (Å²) >= 11 is 3.26. The Kier molecular flexibility index (Phi) is 5.09. The van der Waals surface area contributed by atoms with E-state index in [1.807, 2.05) is 13.8 Å². The van der Waals surface area contributed by atoms with Crippen LogP contribution >= 0.6 is 15.9 Å². The average molecular weight is 312 g/mol. The summed E-state index contributed by atoms with van der Waals surface area (Å²) in [6.07, 6.45) is 1.18. The van der Waals surface area contributed by atoms with Gasteiger partial charge in [0.1, 0.15) is 11.3 Å². The predicted molar refractivity (Wildman–Crippen MR) is 75.0 cm³/mol. The molecule has 4 nitrogen and oxygen atoms in total. The van der Waals surface area contributed by atoms with E-state index in [1.54, 1.807) is 24.3 Å². The lowest BCUT2D eigenvalue weighted by molar-refractivity contribution is -0.132. The number of aliphatic carboxylic acids is 1. The van der Waals surface area contributed by atoms with Gasteiger partial charge in [-0.1, -0.05) is 28.1 Å². The highest BCUT2D eigenvalue weighted by molar-refractivity contribution is 9.10. The summed E-state index contributed by atoms with van der Waals surface area (Å²) in [5.74, 6) is -1.51. The Bertz CT molecular complexity index is 507. The van der Waals surface area contributed by atoms with E-state index in [1.165, 1.54) is 6.21 Å². The van der Waals surface area contributed by atoms with Gasteiger partial charge < -0.3 is 10.2 Å². The topological polar surface area (TPSA) is 69.9 Å². The maximum atomic E-state index is 11.1. The molecule has 96 valence electrons. The maximum Gasteiger partial charge on any atom is 0.341 e. The zero-order valence-corrected chi connectivity index (χ0v) is 11.7. The second kappa shape index (κ2) is 6.35. The van der Waals surface area contributed by atoms with Crippen molar-refractivity contribution in [1.82, 2.24) is 0 Å². The lowest BCUT2D eigenvalue weighted by atomic mass is 10.1. The summed E-state index contributed by atoms with van der Waals surface area (Å²) in [6.45, 7) is 3.65. The summed E-state index contributed by atoms with van der Waals surface area (Å²) < 4.78 is 0.761. The van der Waals surface area contributed by atoms with Gasteiger partial charge in [-0.3, -0.25) is 4.99 Å². The van der Waals surface area contributed by atoms with Gasteiger partial charge in [0.05, 0.1) is 0 Å². The molecule has 0 radical (unpaired) electrons. The van der Waals surface area contributed by atoms with Crippen molar-refractivity contribution in [3.8, 4) is 0 Å². The molecule has 18 heavy (non-hydrogen) atoms. The van der Waals surface area contributed by atoms with Gasteiger partial charge in [-0.2, -0.15) is 0 Å². The third-order valence-electron chi connectivity index (χ3n) is 2.09. The molecule has 0 saturated carbocycles. The summed E-state index contributed by atoms with van der Waals surface area (Å²) in [6, 6.07) is 6.75. The van der Waals surface area contributed by atoms with E-state index in [-0.39, 0.29) is 17.4 Å². The first-order chi connectivity index (χ1) is 8.41. The molecule has 2 N–H and O–H groups in total. The number of carbonyl (C=O) groups is 1. The number of aliphatic hydroxyl groups excluding tert-OH is 1. The molecular weight excluding hydrogens is 298 g/mol. The maximum absolute atomic E-state index is 11.1. The van der Waals surface area contributed by atoms with Crippen LogP contribution in [0.15, 0.2) is 39.3 Å². The SMILES string of the molecule is CC(C)N=C/C(C(=O)O)=C(/O)c1cccc(Br)c1. The highest BCUT2D eigenvalue weighted by Gasteiger charge is 2.13. The first kappa shape index (κ1) is 14.4. The minimum Gasteiger partial charge on any atom is -0.506 e. The van der Waals surface area contributed by atoms with Crippen molar-refractivity contribution in [2.45, 2.75) is 19.9 Å². The van der Waals surface area contributed by atoms with E-state index in [0.717, 1.165) is 4.47 Å². The predicted octanol–water partition coefficient (Wildman–Crippen LogP) is 3.28. The fraction of sp³-hybridized carbons (Fsp3) is 0.231. The fourth-order valence-corrected chi connectivity index (χ4v) is 1.63. The fourth-order valence-electron chi connectivity index (χ4n) is 1.23. The summed E-state index contributed by atoms with van der Waals surface area (Å²) in [5, 5.41) is 19.0. The molecular formula is C13H14BrNO3. The van der Waals surface area contributed by atoms with E-state index >= 15 is 0 Å². The van der Waals surface area contributed by atoms with Crippen LogP contribution in [0.25, 0.3) is 5.76 Å². The van der Waals surface area contributed by atoms with Crippen LogP contribution in [-0.4, -0.2) is 28.4 Å². The van der Waals surface area contributed by atoms with Gasteiger partial charge in [-0.25, -0.2) is 4.79 Å². The van der Waals surface area contributed by atoms with Gasteiger partial charge in [0.15, 0.2) is 0 Å². The monoisotopic (exact) mass is 311 g/mol. The van der Waals surface area contributed by atoms with Gasteiger partial charge in [0, 0.05) is 22.3 Å². The molecule has 0 atom stereocenters. The van der Waals surface area contributed by atoms with E-state index in [0.29, 0.717) is 5.56 Å². The van der Waals surface area contributed by atoms with Crippen LogP contribution in [0.4, 0.5) is 0 Å². The van der Waals surface area contributed by atoms with Crippen molar-refractivity contribution in [3.05, 3.63) is 39.9 Å². The molecule has 1 aromatic carbocycles. The van der Waals surface area contributed by atoms with Crippen molar-refractivity contribution in [2.24, 2.45) is 4.99 Å². The molecule has 0 unspecified atom stereocenters. The highest BCUT2D eigenvalue weighted by atomic mass is 79.9. The lowest BCUT2D eigenvalue weighted by Gasteiger charge is -2.04. The van der Waals surface area contributed by atoms with Crippen molar-refractivity contribution in [1.29, 1.82) is 0 Å². The van der Waals surface area contributed by atoms with Crippen LogP contribution < -0.4 is 0 Å². The van der Waals surface area contributed by atoms with Crippen molar-refractivity contribution < 1.29 is 15.0 Å². The number of hydrogen-bond acceptors (Lipinski definition) is 3.